The molecule has 0 amide bonds. The number of carbonyl (C=O) groups excluding carboxylic acids is 1. The Morgan fingerprint density at radius 3 is 2.30 bits per heavy atom. The SMILES string of the molecule is Cc1nc([C@H](Cc2ccc(OCCc3nc(-c4ccccc4)oc3C)cc2)Nc2ccccc2C(=O)c2ccccc2)n[nH]1. The normalized spacial score (nSPS) is 11.7. The van der Waals surface area contributed by atoms with Gasteiger partial charge in [-0.25, -0.2) is 9.97 Å². The molecule has 220 valence electrons. The van der Waals surface area contributed by atoms with Crippen LogP contribution >= 0.6 is 0 Å². The van der Waals surface area contributed by atoms with Crippen LogP contribution in [0.25, 0.3) is 11.5 Å². The number of hydrogen-bond acceptors (Lipinski definition) is 7. The van der Waals surface area contributed by atoms with E-state index in [2.05, 4.69) is 25.5 Å². The van der Waals surface area contributed by atoms with Gasteiger partial charge in [0.2, 0.25) is 5.89 Å². The number of ketones is 1. The van der Waals surface area contributed by atoms with Crippen molar-refractivity contribution in [3.8, 4) is 17.2 Å². The van der Waals surface area contributed by atoms with Gasteiger partial charge < -0.3 is 14.5 Å². The van der Waals surface area contributed by atoms with Crippen molar-refractivity contribution in [3.63, 3.8) is 0 Å². The minimum atomic E-state index is -0.273. The van der Waals surface area contributed by atoms with Crippen LogP contribution in [-0.2, 0) is 12.8 Å². The van der Waals surface area contributed by atoms with Crippen molar-refractivity contribution in [2.45, 2.75) is 32.7 Å². The first-order chi connectivity index (χ1) is 21.5. The molecule has 0 fully saturated rings. The Morgan fingerprint density at radius 2 is 1.57 bits per heavy atom. The maximum atomic E-state index is 13.3. The Labute approximate surface area is 256 Å². The first-order valence-electron chi connectivity index (χ1n) is 14.6. The number of oxazole rings is 1. The number of hydrogen-bond donors (Lipinski definition) is 2. The maximum absolute atomic E-state index is 13.3. The summed E-state index contributed by atoms with van der Waals surface area (Å²) in [6, 6.07) is 34.5. The standard InChI is InChI=1S/C36H33N5O3/c1-24-31(39-36(44-24)28-13-7-4-8-14-28)21-22-43-29-19-17-26(18-20-29)23-33(35-37-25(2)40-41-35)38-32-16-10-9-15-30(32)34(42)27-11-5-3-6-12-27/h3-20,33,38H,21-23H2,1-2H3,(H,37,40,41)/t33-/m0/s1. The van der Waals surface area contributed by atoms with Crippen molar-refractivity contribution >= 4 is 11.5 Å². The second kappa shape index (κ2) is 13.2. The summed E-state index contributed by atoms with van der Waals surface area (Å²) in [6.45, 7) is 4.28. The third kappa shape index (κ3) is 6.76. The number of H-pyrrole nitrogens is 1. The van der Waals surface area contributed by atoms with Crippen LogP contribution in [0, 0.1) is 13.8 Å². The number of rotatable bonds is 12. The van der Waals surface area contributed by atoms with Crippen LogP contribution in [0.1, 0.15) is 50.6 Å². The van der Waals surface area contributed by atoms with Gasteiger partial charge in [0.05, 0.1) is 18.3 Å². The summed E-state index contributed by atoms with van der Waals surface area (Å²) in [5.41, 5.74) is 4.88. The third-order valence-corrected chi connectivity index (χ3v) is 7.35. The average Bonchev–Trinajstić information content (AvgIpc) is 3.67. The predicted molar refractivity (Wildman–Crippen MR) is 170 cm³/mol. The van der Waals surface area contributed by atoms with E-state index >= 15 is 0 Å². The zero-order valence-electron chi connectivity index (χ0n) is 24.7. The van der Waals surface area contributed by atoms with E-state index in [1.165, 1.54) is 0 Å². The summed E-state index contributed by atoms with van der Waals surface area (Å²) in [7, 11) is 0. The van der Waals surface area contributed by atoms with E-state index in [0.29, 0.717) is 42.3 Å². The first kappa shape index (κ1) is 28.6. The number of aryl methyl sites for hydroxylation is 2. The van der Waals surface area contributed by atoms with Gasteiger partial charge in [0.1, 0.15) is 17.3 Å². The Kier molecular flexibility index (Phi) is 8.59. The third-order valence-electron chi connectivity index (χ3n) is 7.35. The first-order valence-corrected chi connectivity index (χ1v) is 14.6. The molecule has 0 saturated heterocycles. The van der Waals surface area contributed by atoms with Gasteiger partial charge >= 0.3 is 0 Å². The van der Waals surface area contributed by atoms with Crippen LogP contribution in [0.5, 0.6) is 5.75 Å². The molecule has 44 heavy (non-hydrogen) atoms. The van der Waals surface area contributed by atoms with Gasteiger partial charge in [-0.15, -0.1) is 0 Å². The zero-order chi connectivity index (χ0) is 30.3. The lowest BCUT2D eigenvalue weighted by molar-refractivity contribution is 0.103. The van der Waals surface area contributed by atoms with Crippen molar-refractivity contribution in [2.75, 3.05) is 11.9 Å². The Bertz CT molecular complexity index is 1830. The lowest BCUT2D eigenvalue weighted by atomic mass is 10.00. The molecule has 0 aliphatic heterocycles. The molecular formula is C36H33N5O3. The van der Waals surface area contributed by atoms with Crippen molar-refractivity contribution < 1.29 is 13.9 Å². The highest BCUT2D eigenvalue weighted by molar-refractivity contribution is 6.12. The highest BCUT2D eigenvalue weighted by atomic mass is 16.5. The summed E-state index contributed by atoms with van der Waals surface area (Å²) >= 11 is 0. The summed E-state index contributed by atoms with van der Waals surface area (Å²) in [4.78, 5) is 22.6. The molecule has 0 aliphatic rings. The van der Waals surface area contributed by atoms with Crippen LogP contribution < -0.4 is 10.1 Å². The molecular weight excluding hydrogens is 550 g/mol. The summed E-state index contributed by atoms with van der Waals surface area (Å²) in [6.07, 6.45) is 1.24. The fourth-order valence-electron chi connectivity index (χ4n) is 5.05. The van der Waals surface area contributed by atoms with Gasteiger partial charge in [-0.05, 0) is 62.2 Å². The van der Waals surface area contributed by atoms with Gasteiger partial charge in [0, 0.05) is 28.8 Å². The highest BCUT2D eigenvalue weighted by Crippen LogP contribution is 2.27. The van der Waals surface area contributed by atoms with E-state index in [4.69, 9.17) is 9.15 Å². The van der Waals surface area contributed by atoms with Crippen molar-refractivity contribution in [2.24, 2.45) is 0 Å². The Balaban J connectivity index is 1.12. The molecule has 8 heteroatoms. The van der Waals surface area contributed by atoms with Crippen LogP contribution in [0.15, 0.2) is 114 Å². The number of aromatic amines is 1. The molecule has 2 N–H and O–H groups in total. The van der Waals surface area contributed by atoms with E-state index in [-0.39, 0.29) is 11.8 Å². The number of para-hydroxylation sites is 1. The summed E-state index contributed by atoms with van der Waals surface area (Å²) in [5.74, 6) is 3.51. The van der Waals surface area contributed by atoms with Crippen LogP contribution in [0.2, 0.25) is 0 Å². The molecule has 6 rings (SSSR count). The summed E-state index contributed by atoms with van der Waals surface area (Å²) in [5, 5.41) is 10.9. The quantitative estimate of drug-likeness (QED) is 0.145. The summed E-state index contributed by atoms with van der Waals surface area (Å²) < 4.78 is 11.9. The molecule has 8 nitrogen and oxygen atoms in total. The van der Waals surface area contributed by atoms with E-state index in [1.807, 2.05) is 123 Å². The monoisotopic (exact) mass is 583 g/mol. The molecule has 4 aromatic carbocycles. The number of aromatic nitrogens is 4. The van der Waals surface area contributed by atoms with Crippen molar-refractivity contribution in [1.29, 1.82) is 0 Å². The van der Waals surface area contributed by atoms with Gasteiger partial charge in [-0.2, -0.15) is 5.10 Å². The Hall–Kier alpha value is -5.50. The van der Waals surface area contributed by atoms with Crippen LogP contribution in [0.4, 0.5) is 5.69 Å². The van der Waals surface area contributed by atoms with Gasteiger partial charge in [-0.1, -0.05) is 72.8 Å². The minimum Gasteiger partial charge on any atom is -0.493 e. The molecule has 1 atom stereocenters. The second-order valence-corrected chi connectivity index (χ2v) is 10.6. The molecule has 0 bridgehead atoms. The molecule has 0 aliphatic carbocycles. The van der Waals surface area contributed by atoms with Crippen LogP contribution in [-0.4, -0.2) is 32.6 Å². The Morgan fingerprint density at radius 1 is 0.864 bits per heavy atom. The fourth-order valence-corrected chi connectivity index (χ4v) is 5.05. The number of nitrogens with one attached hydrogen (secondary N) is 2. The van der Waals surface area contributed by atoms with E-state index in [1.54, 1.807) is 0 Å². The predicted octanol–water partition coefficient (Wildman–Crippen LogP) is 7.32. The van der Waals surface area contributed by atoms with E-state index in [0.717, 1.165) is 39.8 Å². The molecule has 0 spiro atoms. The zero-order valence-corrected chi connectivity index (χ0v) is 24.7. The molecule has 0 radical (unpaired) electrons. The average molecular weight is 584 g/mol. The van der Waals surface area contributed by atoms with Gasteiger partial charge in [-0.3, -0.25) is 9.89 Å². The topological polar surface area (TPSA) is 106 Å². The molecule has 2 heterocycles. The highest BCUT2D eigenvalue weighted by Gasteiger charge is 2.21. The van der Waals surface area contributed by atoms with Crippen molar-refractivity contribution in [3.05, 3.63) is 149 Å². The van der Waals surface area contributed by atoms with Crippen molar-refractivity contribution in [1.82, 2.24) is 20.2 Å². The smallest absolute Gasteiger partial charge is 0.226 e. The van der Waals surface area contributed by atoms with Gasteiger partial charge in [0.15, 0.2) is 11.6 Å². The molecule has 6 aromatic rings. The maximum Gasteiger partial charge on any atom is 0.226 e. The second-order valence-electron chi connectivity index (χ2n) is 10.6. The van der Waals surface area contributed by atoms with E-state index < -0.39 is 0 Å². The fraction of sp³-hybridized carbons (Fsp3) is 0.167. The number of nitrogens with zero attached hydrogens (tertiary/aromatic N) is 3. The number of benzene rings is 4. The number of anilines is 1. The minimum absolute atomic E-state index is 0.0442. The molecule has 0 unspecified atom stereocenters. The number of ether oxygens (including phenoxy) is 1. The van der Waals surface area contributed by atoms with E-state index in [9.17, 15) is 4.79 Å². The molecule has 2 aromatic heterocycles. The van der Waals surface area contributed by atoms with Gasteiger partial charge in [0.25, 0.3) is 0 Å². The van der Waals surface area contributed by atoms with Crippen LogP contribution in [0.3, 0.4) is 0 Å². The lowest BCUT2D eigenvalue weighted by Crippen LogP contribution is -2.18. The largest absolute Gasteiger partial charge is 0.493 e. The molecule has 0 saturated carbocycles. The lowest BCUT2D eigenvalue weighted by Gasteiger charge is -2.20. The number of carbonyl (C=O) groups is 1.